The van der Waals surface area contributed by atoms with E-state index >= 15 is 0 Å². The summed E-state index contributed by atoms with van der Waals surface area (Å²) in [6.45, 7) is 3.72. The molecule has 1 heterocycles. The van der Waals surface area contributed by atoms with Gasteiger partial charge < -0.3 is 16.0 Å². The van der Waals surface area contributed by atoms with Crippen LogP contribution in [-0.2, 0) is 4.79 Å². The minimum Gasteiger partial charge on any atom is -0.399 e. The SMILES string of the molecule is CC(C)C(=O)Nc1cc(-c2ccc(N)cc2)c[nH]1. The van der Waals surface area contributed by atoms with Crippen molar-refractivity contribution in [3.05, 3.63) is 36.5 Å². The fourth-order valence-corrected chi connectivity index (χ4v) is 1.59. The van der Waals surface area contributed by atoms with E-state index in [2.05, 4.69) is 10.3 Å². The van der Waals surface area contributed by atoms with Gasteiger partial charge in [0.05, 0.1) is 0 Å². The average Bonchev–Trinajstić information content (AvgIpc) is 2.78. The number of amides is 1. The lowest BCUT2D eigenvalue weighted by atomic mass is 10.1. The molecule has 0 saturated carbocycles. The van der Waals surface area contributed by atoms with Crippen molar-refractivity contribution in [2.45, 2.75) is 13.8 Å². The molecule has 1 aromatic heterocycles. The molecule has 0 aliphatic carbocycles. The number of nitrogen functional groups attached to an aromatic ring is 1. The van der Waals surface area contributed by atoms with Crippen molar-refractivity contribution in [2.24, 2.45) is 5.92 Å². The maximum Gasteiger partial charge on any atom is 0.228 e. The molecule has 0 bridgehead atoms. The van der Waals surface area contributed by atoms with E-state index < -0.39 is 0 Å². The summed E-state index contributed by atoms with van der Waals surface area (Å²) in [6, 6.07) is 9.52. The van der Waals surface area contributed by atoms with Crippen LogP contribution in [-0.4, -0.2) is 10.9 Å². The number of carbonyl (C=O) groups is 1. The van der Waals surface area contributed by atoms with E-state index in [1.807, 2.05) is 50.4 Å². The number of nitrogens with one attached hydrogen (secondary N) is 2. The van der Waals surface area contributed by atoms with Gasteiger partial charge in [0, 0.05) is 23.4 Å². The van der Waals surface area contributed by atoms with Crippen LogP contribution < -0.4 is 11.1 Å². The molecule has 0 spiro atoms. The summed E-state index contributed by atoms with van der Waals surface area (Å²) in [7, 11) is 0. The summed E-state index contributed by atoms with van der Waals surface area (Å²) in [5.41, 5.74) is 8.47. The molecule has 0 atom stereocenters. The minimum atomic E-state index is -0.0340. The van der Waals surface area contributed by atoms with Gasteiger partial charge in [-0.15, -0.1) is 0 Å². The summed E-state index contributed by atoms with van der Waals surface area (Å²) in [4.78, 5) is 14.6. The largest absolute Gasteiger partial charge is 0.399 e. The maximum absolute atomic E-state index is 11.6. The number of aromatic amines is 1. The molecule has 4 nitrogen and oxygen atoms in total. The van der Waals surface area contributed by atoms with Crippen LogP contribution in [0.3, 0.4) is 0 Å². The van der Waals surface area contributed by atoms with Crippen LogP contribution in [0.4, 0.5) is 11.5 Å². The Morgan fingerprint density at radius 1 is 1.22 bits per heavy atom. The van der Waals surface area contributed by atoms with Crippen molar-refractivity contribution < 1.29 is 4.79 Å². The molecule has 1 aromatic carbocycles. The third-order valence-electron chi connectivity index (χ3n) is 2.71. The molecule has 0 radical (unpaired) electrons. The van der Waals surface area contributed by atoms with Gasteiger partial charge >= 0.3 is 0 Å². The van der Waals surface area contributed by atoms with Crippen molar-refractivity contribution in [3.63, 3.8) is 0 Å². The average molecular weight is 243 g/mol. The first kappa shape index (κ1) is 12.2. The molecule has 2 aromatic rings. The molecule has 0 saturated heterocycles. The molecule has 1 amide bonds. The van der Waals surface area contributed by atoms with Crippen LogP contribution in [0.25, 0.3) is 11.1 Å². The second kappa shape index (κ2) is 4.96. The van der Waals surface area contributed by atoms with Gasteiger partial charge in [-0.2, -0.15) is 0 Å². The number of carbonyl (C=O) groups excluding carboxylic acids is 1. The second-order valence-electron chi connectivity index (χ2n) is 4.57. The third-order valence-corrected chi connectivity index (χ3v) is 2.71. The van der Waals surface area contributed by atoms with Crippen molar-refractivity contribution in [1.82, 2.24) is 4.98 Å². The van der Waals surface area contributed by atoms with Gasteiger partial charge in [-0.3, -0.25) is 4.79 Å². The summed E-state index contributed by atoms with van der Waals surface area (Å²) in [6.07, 6.45) is 1.86. The van der Waals surface area contributed by atoms with Gasteiger partial charge in [0.15, 0.2) is 0 Å². The Labute approximate surface area is 106 Å². The first-order chi connectivity index (χ1) is 8.56. The Morgan fingerprint density at radius 2 is 1.89 bits per heavy atom. The van der Waals surface area contributed by atoms with E-state index in [9.17, 15) is 4.79 Å². The van der Waals surface area contributed by atoms with Crippen molar-refractivity contribution in [2.75, 3.05) is 11.1 Å². The lowest BCUT2D eigenvalue weighted by molar-refractivity contribution is -0.118. The van der Waals surface area contributed by atoms with Gasteiger partial charge in [-0.05, 0) is 23.8 Å². The highest BCUT2D eigenvalue weighted by molar-refractivity contribution is 5.92. The Morgan fingerprint density at radius 3 is 2.50 bits per heavy atom. The van der Waals surface area contributed by atoms with Crippen LogP contribution >= 0.6 is 0 Å². The summed E-state index contributed by atoms with van der Waals surface area (Å²) >= 11 is 0. The first-order valence-corrected chi connectivity index (χ1v) is 5.91. The predicted molar refractivity (Wildman–Crippen MR) is 74.1 cm³/mol. The van der Waals surface area contributed by atoms with E-state index in [4.69, 9.17) is 5.73 Å². The summed E-state index contributed by atoms with van der Waals surface area (Å²) < 4.78 is 0. The molecule has 4 N–H and O–H groups in total. The predicted octanol–water partition coefficient (Wildman–Crippen LogP) is 2.86. The number of benzene rings is 1. The van der Waals surface area contributed by atoms with E-state index in [1.165, 1.54) is 0 Å². The minimum absolute atomic E-state index is 0.000654. The Hall–Kier alpha value is -2.23. The van der Waals surface area contributed by atoms with Gasteiger partial charge in [0.25, 0.3) is 0 Å². The lowest BCUT2D eigenvalue weighted by Gasteiger charge is -2.04. The highest BCUT2D eigenvalue weighted by Gasteiger charge is 2.08. The first-order valence-electron chi connectivity index (χ1n) is 5.91. The Kier molecular flexibility index (Phi) is 3.37. The van der Waals surface area contributed by atoms with E-state index in [-0.39, 0.29) is 11.8 Å². The molecule has 2 rings (SSSR count). The van der Waals surface area contributed by atoms with E-state index in [0.29, 0.717) is 5.82 Å². The van der Waals surface area contributed by atoms with Gasteiger partial charge in [0.2, 0.25) is 5.91 Å². The number of hydrogen-bond acceptors (Lipinski definition) is 2. The van der Waals surface area contributed by atoms with Crippen LogP contribution in [0.5, 0.6) is 0 Å². The monoisotopic (exact) mass is 243 g/mol. The van der Waals surface area contributed by atoms with Crippen LogP contribution in [0.1, 0.15) is 13.8 Å². The van der Waals surface area contributed by atoms with Crippen molar-refractivity contribution >= 4 is 17.4 Å². The molecule has 0 aliphatic rings. The van der Waals surface area contributed by atoms with Gasteiger partial charge in [-0.1, -0.05) is 26.0 Å². The zero-order valence-electron chi connectivity index (χ0n) is 10.5. The fourth-order valence-electron chi connectivity index (χ4n) is 1.59. The molecule has 0 fully saturated rings. The zero-order chi connectivity index (χ0) is 13.1. The summed E-state index contributed by atoms with van der Waals surface area (Å²) in [5.74, 6) is 0.675. The molecule has 4 heteroatoms. The quantitative estimate of drug-likeness (QED) is 0.725. The number of hydrogen-bond donors (Lipinski definition) is 3. The number of anilines is 2. The lowest BCUT2D eigenvalue weighted by Crippen LogP contribution is -2.17. The Balaban J connectivity index is 2.15. The number of nitrogens with two attached hydrogens (primary N) is 1. The maximum atomic E-state index is 11.6. The fraction of sp³-hybridized carbons (Fsp3) is 0.214. The van der Waals surface area contributed by atoms with Gasteiger partial charge in [-0.25, -0.2) is 0 Å². The van der Waals surface area contributed by atoms with E-state index in [1.54, 1.807) is 0 Å². The van der Waals surface area contributed by atoms with Crippen LogP contribution in [0, 0.1) is 5.92 Å². The van der Waals surface area contributed by atoms with Crippen molar-refractivity contribution in [3.8, 4) is 11.1 Å². The molecule has 18 heavy (non-hydrogen) atoms. The molecule has 0 unspecified atom stereocenters. The van der Waals surface area contributed by atoms with Gasteiger partial charge in [0.1, 0.15) is 5.82 Å². The normalized spacial score (nSPS) is 10.6. The third kappa shape index (κ3) is 2.71. The molecule has 0 aliphatic heterocycles. The highest BCUT2D eigenvalue weighted by Crippen LogP contribution is 2.23. The topological polar surface area (TPSA) is 70.9 Å². The smallest absolute Gasteiger partial charge is 0.228 e. The van der Waals surface area contributed by atoms with Crippen molar-refractivity contribution in [1.29, 1.82) is 0 Å². The highest BCUT2D eigenvalue weighted by atomic mass is 16.1. The van der Waals surface area contributed by atoms with Crippen LogP contribution in [0.15, 0.2) is 36.5 Å². The van der Waals surface area contributed by atoms with E-state index in [0.717, 1.165) is 16.8 Å². The molecule has 94 valence electrons. The molecular formula is C14H17N3O. The second-order valence-corrected chi connectivity index (χ2v) is 4.57. The number of rotatable bonds is 3. The zero-order valence-corrected chi connectivity index (χ0v) is 10.5. The standard InChI is InChI=1S/C14H17N3O/c1-9(2)14(18)17-13-7-11(8-16-13)10-3-5-12(15)6-4-10/h3-9,16H,15H2,1-2H3,(H,17,18). The van der Waals surface area contributed by atoms with Crippen LogP contribution in [0.2, 0.25) is 0 Å². The number of H-pyrrole nitrogens is 1. The summed E-state index contributed by atoms with van der Waals surface area (Å²) in [5, 5.41) is 2.82. The Bertz CT molecular complexity index is 540. The molecular weight excluding hydrogens is 226 g/mol. The number of aromatic nitrogens is 1.